The summed E-state index contributed by atoms with van der Waals surface area (Å²) in [6.45, 7) is 1.11. The van der Waals surface area contributed by atoms with E-state index in [0.717, 1.165) is 5.56 Å². The third kappa shape index (κ3) is 3.59. The number of rotatable bonds is 5. The Kier molecular flexibility index (Phi) is 4.44. The minimum absolute atomic E-state index is 0.195. The van der Waals surface area contributed by atoms with E-state index in [1.54, 1.807) is 24.4 Å². The summed E-state index contributed by atoms with van der Waals surface area (Å²) >= 11 is 0. The first kappa shape index (κ1) is 15.7. The first-order valence-electron chi connectivity index (χ1n) is 7.31. The van der Waals surface area contributed by atoms with Gasteiger partial charge in [-0.15, -0.1) is 0 Å². The molecule has 0 unspecified atom stereocenters. The predicted molar refractivity (Wildman–Crippen MR) is 84.2 cm³/mol. The zero-order valence-electron chi connectivity index (χ0n) is 12.4. The zero-order valence-corrected chi connectivity index (χ0v) is 13.3. The van der Waals surface area contributed by atoms with Crippen molar-refractivity contribution in [1.82, 2.24) is 14.6 Å². The van der Waals surface area contributed by atoms with Crippen LogP contribution in [0.15, 0.2) is 41.3 Å². The summed E-state index contributed by atoms with van der Waals surface area (Å²) in [5, 5.41) is 2.74. The fraction of sp³-hybridized carbons (Fsp3) is 0.333. The third-order valence-electron chi connectivity index (χ3n) is 3.69. The molecule has 0 radical (unpaired) electrons. The zero-order chi connectivity index (χ0) is 16.3. The first-order chi connectivity index (χ1) is 11.1. The Hall–Kier alpha value is -2.19. The van der Waals surface area contributed by atoms with E-state index in [-0.39, 0.29) is 18.2 Å². The Morgan fingerprint density at radius 2 is 2.26 bits per heavy atom. The maximum atomic E-state index is 12.2. The van der Waals surface area contributed by atoms with Gasteiger partial charge in [-0.2, -0.15) is 0 Å². The molecule has 1 N–H and O–H groups in total. The Labute approximate surface area is 134 Å². The number of nitrogens with one attached hydrogen (secondary N) is 1. The number of carbonyl (C=O) groups excluding carboxylic acids is 1. The van der Waals surface area contributed by atoms with E-state index >= 15 is 0 Å². The van der Waals surface area contributed by atoms with Crippen LogP contribution >= 0.6 is 0 Å². The van der Waals surface area contributed by atoms with Gasteiger partial charge in [0.2, 0.25) is 10.0 Å². The summed E-state index contributed by atoms with van der Waals surface area (Å²) < 4.78 is 30.0. The van der Waals surface area contributed by atoms with E-state index < -0.39 is 10.0 Å². The number of benzene rings is 1. The van der Waals surface area contributed by atoms with Crippen LogP contribution in [0.4, 0.5) is 0 Å². The number of nitrogens with zero attached hydrogens (tertiary/aromatic N) is 2. The van der Waals surface area contributed by atoms with Gasteiger partial charge in [0.25, 0.3) is 5.91 Å². The van der Waals surface area contributed by atoms with E-state index in [1.165, 1.54) is 10.7 Å². The Bertz CT molecular complexity index is 787. The van der Waals surface area contributed by atoms with Gasteiger partial charge in [0.15, 0.2) is 12.2 Å². The Balaban J connectivity index is 1.59. The average Bonchev–Trinajstić information content (AvgIpc) is 3.17. The fourth-order valence-electron chi connectivity index (χ4n) is 2.51. The smallest absolute Gasteiger partial charge is 0.251 e. The van der Waals surface area contributed by atoms with E-state index in [2.05, 4.69) is 10.3 Å². The summed E-state index contributed by atoms with van der Waals surface area (Å²) in [6, 6.07) is 7.00. The highest BCUT2D eigenvalue weighted by Crippen LogP contribution is 2.19. The van der Waals surface area contributed by atoms with Crippen molar-refractivity contribution < 1.29 is 17.6 Å². The van der Waals surface area contributed by atoms with Gasteiger partial charge in [-0.25, -0.2) is 17.7 Å². The molecular formula is C15H17N3O4S. The third-order valence-corrected chi connectivity index (χ3v) is 5.65. The Morgan fingerprint density at radius 1 is 1.39 bits per heavy atom. The molecule has 0 spiro atoms. The number of sulfonamides is 1. The summed E-state index contributed by atoms with van der Waals surface area (Å²) in [5.41, 5.74) is 1.25. The van der Waals surface area contributed by atoms with Gasteiger partial charge in [-0.3, -0.25) is 4.79 Å². The lowest BCUT2D eigenvalue weighted by Crippen LogP contribution is -2.35. The highest BCUT2D eigenvalue weighted by molar-refractivity contribution is 7.89. The minimum Gasteiger partial charge on any atom is -0.444 e. The van der Waals surface area contributed by atoms with Gasteiger partial charge >= 0.3 is 0 Å². The Morgan fingerprint density at radius 3 is 2.96 bits per heavy atom. The van der Waals surface area contributed by atoms with Crippen LogP contribution in [-0.4, -0.2) is 49.0 Å². The molecule has 1 aliphatic rings. The molecular weight excluding hydrogens is 318 g/mol. The lowest BCUT2D eigenvalue weighted by molar-refractivity contribution is 0.0952. The van der Waals surface area contributed by atoms with Gasteiger partial charge in [0.1, 0.15) is 0 Å². The molecule has 7 nitrogen and oxygen atoms in total. The number of hydrogen-bond acceptors (Lipinski definition) is 5. The van der Waals surface area contributed by atoms with Crippen LogP contribution in [0.3, 0.4) is 0 Å². The number of carbonyl (C=O) groups is 1. The highest BCUT2D eigenvalue weighted by atomic mass is 32.2. The second-order valence-electron chi connectivity index (χ2n) is 5.27. The van der Waals surface area contributed by atoms with Crippen LogP contribution in [-0.2, 0) is 10.0 Å². The molecule has 0 atom stereocenters. The topological polar surface area (TPSA) is 92.5 Å². The fourth-order valence-corrected chi connectivity index (χ4v) is 4.04. The molecule has 3 rings (SSSR count). The van der Waals surface area contributed by atoms with Crippen molar-refractivity contribution in [2.45, 2.75) is 6.42 Å². The van der Waals surface area contributed by atoms with Crippen molar-refractivity contribution >= 4 is 15.9 Å². The van der Waals surface area contributed by atoms with Crippen molar-refractivity contribution in [3.63, 3.8) is 0 Å². The predicted octanol–water partition coefficient (Wildman–Crippen LogP) is 1.11. The summed E-state index contributed by atoms with van der Waals surface area (Å²) in [5.74, 6) is 0.533. The van der Waals surface area contributed by atoms with Crippen molar-refractivity contribution in [2.75, 3.05) is 25.4 Å². The summed E-state index contributed by atoms with van der Waals surface area (Å²) in [6.07, 6.45) is 3.56. The molecule has 1 amide bonds. The van der Waals surface area contributed by atoms with E-state index in [1.807, 2.05) is 6.07 Å². The highest BCUT2D eigenvalue weighted by Gasteiger charge is 2.27. The van der Waals surface area contributed by atoms with Crippen LogP contribution in [0.2, 0.25) is 0 Å². The van der Waals surface area contributed by atoms with Gasteiger partial charge < -0.3 is 9.73 Å². The van der Waals surface area contributed by atoms with Gasteiger partial charge in [-0.05, 0) is 18.6 Å². The van der Waals surface area contributed by atoms with Gasteiger partial charge in [-0.1, -0.05) is 12.1 Å². The van der Waals surface area contributed by atoms with E-state index in [0.29, 0.717) is 30.8 Å². The molecule has 2 aromatic rings. The van der Waals surface area contributed by atoms with Crippen LogP contribution < -0.4 is 5.32 Å². The van der Waals surface area contributed by atoms with Gasteiger partial charge in [0, 0.05) is 30.8 Å². The van der Waals surface area contributed by atoms with E-state index in [4.69, 9.17) is 4.42 Å². The summed E-state index contributed by atoms with van der Waals surface area (Å²) in [4.78, 5) is 16.0. The molecule has 8 heteroatoms. The second-order valence-corrected chi connectivity index (χ2v) is 7.36. The first-order valence-corrected chi connectivity index (χ1v) is 8.92. The molecule has 0 aliphatic carbocycles. The minimum atomic E-state index is -3.12. The van der Waals surface area contributed by atoms with Crippen LogP contribution in [0, 0.1) is 0 Å². The number of aromatic nitrogens is 1. The maximum absolute atomic E-state index is 12.2. The second kappa shape index (κ2) is 6.51. The van der Waals surface area contributed by atoms with E-state index in [9.17, 15) is 13.2 Å². The standard InChI is InChI=1S/C15H17N3O4S/c19-15(17-5-7-18-6-2-8-23(18,20)21)13-4-1-3-12(9-13)14-10-16-11-22-14/h1,3-4,9-11H,2,5-8H2,(H,17,19). The van der Waals surface area contributed by atoms with Gasteiger partial charge in [0.05, 0.1) is 11.9 Å². The average molecular weight is 335 g/mol. The molecule has 23 heavy (non-hydrogen) atoms. The maximum Gasteiger partial charge on any atom is 0.251 e. The SMILES string of the molecule is O=C(NCCN1CCCS1(=O)=O)c1cccc(-c2cnco2)c1. The number of amides is 1. The summed E-state index contributed by atoms with van der Waals surface area (Å²) in [7, 11) is -3.12. The molecule has 1 fully saturated rings. The molecule has 122 valence electrons. The molecule has 1 aromatic carbocycles. The monoisotopic (exact) mass is 335 g/mol. The number of oxazole rings is 1. The molecule has 2 heterocycles. The molecule has 0 saturated carbocycles. The molecule has 1 saturated heterocycles. The van der Waals surface area contributed by atoms with Crippen molar-refractivity contribution in [2.24, 2.45) is 0 Å². The normalized spacial score (nSPS) is 17.2. The molecule has 1 aliphatic heterocycles. The van der Waals surface area contributed by atoms with Crippen molar-refractivity contribution in [1.29, 1.82) is 0 Å². The molecule has 1 aromatic heterocycles. The largest absolute Gasteiger partial charge is 0.444 e. The van der Waals surface area contributed by atoms with Crippen molar-refractivity contribution in [3.8, 4) is 11.3 Å². The van der Waals surface area contributed by atoms with Crippen molar-refractivity contribution in [3.05, 3.63) is 42.4 Å². The lowest BCUT2D eigenvalue weighted by atomic mass is 10.1. The lowest BCUT2D eigenvalue weighted by Gasteiger charge is -2.14. The van der Waals surface area contributed by atoms with Crippen LogP contribution in [0.1, 0.15) is 16.8 Å². The van der Waals surface area contributed by atoms with Crippen LogP contribution in [0.25, 0.3) is 11.3 Å². The quantitative estimate of drug-likeness (QED) is 0.883. The molecule has 0 bridgehead atoms. The number of hydrogen-bond donors (Lipinski definition) is 1. The van der Waals surface area contributed by atoms with Crippen LogP contribution in [0.5, 0.6) is 0 Å².